The van der Waals surface area contributed by atoms with Crippen LogP contribution in [0.25, 0.3) is 0 Å². The molecule has 0 fully saturated rings. The van der Waals surface area contributed by atoms with E-state index in [-0.39, 0.29) is 5.91 Å². The van der Waals surface area contributed by atoms with Gasteiger partial charge in [0.1, 0.15) is 5.69 Å². The number of nitrogens with zero attached hydrogens (tertiary/aromatic N) is 3. The molecule has 5 nitrogen and oxygen atoms in total. The number of rotatable bonds is 5. The fourth-order valence-corrected chi connectivity index (χ4v) is 2.39. The molecular formula is C16H22N4O. The second-order valence-corrected chi connectivity index (χ2v) is 5.09. The van der Waals surface area contributed by atoms with Crippen LogP contribution in [0.4, 0.5) is 5.69 Å². The van der Waals surface area contributed by atoms with Crippen LogP contribution in [0.15, 0.2) is 30.3 Å². The van der Waals surface area contributed by atoms with E-state index in [1.807, 2.05) is 32.0 Å². The average Bonchev–Trinajstić information content (AvgIpc) is 2.73. The van der Waals surface area contributed by atoms with Crippen LogP contribution in [0.5, 0.6) is 0 Å². The van der Waals surface area contributed by atoms with E-state index >= 15 is 0 Å². The zero-order chi connectivity index (χ0) is 15.4. The summed E-state index contributed by atoms with van der Waals surface area (Å²) in [4.78, 5) is 14.4. The van der Waals surface area contributed by atoms with Gasteiger partial charge in [-0.1, -0.05) is 30.3 Å². The lowest BCUT2D eigenvalue weighted by Crippen LogP contribution is -2.34. The Morgan fingerprint density at radius 1 is 1.33 bits per heavy atom. The summed E-state index contributed by atoms with van der Waals surface area (Å²) in [5.41, 5.74) is 8.84. The highest BCUT2D eigenvalue weighted by molar-refractivity contribution is 5.98. The summed E-state index contributed by atoms with van der Waals surface area (Å²) in [7, 11) is 1.75. The van der Waals surface area contributed by atoms with Crippen molar-refractivity contribution in [3.05, 3.63) is 47.3 Å². The highest BCUT2D eigenvalue weighted by atomic mass is 16.2. The second-order valence-electron chi connectivity index (χ2n) is 5.09. The topological polar surface area (TPSA) is 64.2 Å². The van der Waals surface area contributed by atoms with Gasteiger partial charge in [0.15, 0.2) is 0 Å². The third-order valence-corrected chi connectivity index (χ3v) is 3.65. The van der Waals surface area contributed by atoms with Gasteiger partial charge in [0.25, 0.3) is 5.91 Å². The Balaban J connectivity index is 2.12. The van der Waals surface area contributed by atoms with Gasteiger partial charge in [-0.05, 0) is 25.8 Å². The van der Waals surface area contributed by atoms with Crippen molar-refractivity contribution in [1.82, 2.24) is 14.7 Å². The maximum absolute atomic E-state index is 12.6. The molecule has 2 N–H and O–H groups in total. The molecule has 1 amide bonds. The zero-order valence-electron chi connectivity index (χ0n) is 12.8. The Bertz CT molecular complexity index is 619. The number of nitrogen functional groups attached to an aromatic ring is 1. The molecule has 0 spiro atoms. The SMILES string of the molecule is CCN(CCc1ccccc1)C(=O)c1c(N)c(C)nn1C. The summed E-state index contributed by atoms with van der Waals surface area (Å²) in [6.45, 7) is 5.10. The van der Waals surface area contributed by atoms with Crippen molar-refractivity contribution in [3.8, 4) is 0 Å². The Hall–Kier alpha value is -2.30. The summed E-state index contributed by atoms with van der Waals surface area (Å²) in [6, 6.07) is 10.2. The quantitative estimate of drug-likeness (QED) is 0.914. The summed E-state index contributed by atoms with van der Waals surface area (Å²) in [5.74, 6) is -0.0611. The van der Waals surface area contributed by atoms with Crippen molar-refractivity contribution in [2.75, 3.05) is 18.8 Å². The molecule has 0 bridgehead atoms. The number of nitrogens with two attached hydrogens (primary N) is 1. The van der Waals surface area contributed by atoms with Crippen LogP contribution in [-0.2, 0) is 13.5 Å². The third-order valence-electron chi connectivity index (χ3n) is 3.65. The molecular weight excluding hydrogens is 264 g/mol. The molecule has 2 aromatic rings. The van der Waals surface area contributed by atoms with Crippen molar-refractivity contribution >= 4 is 11.6 Å². The van der Waals surface area contributed by atoms with Gasteiger partial charge < -0.3 is 10.6 Å². The first-order valence-corrected chi connectivity index (χ1v) is 7.16. The van der Waals surface area contributed by atoms with Crippen molar-refractivity contribution in [3.63, 3.8) is 0 Å². The monoisotopic (exact) mass is 286 g/mol. The number of aromatic nitrogens is 2. The fraction of sp³-hybridized carbons (Fsp3) is 0.375. The predicted molar refractivity (Wildman–Crippen MR) is 84.1 cm³/mol. The fourth-order valence-electron chi connectivity index (χ4n) is 2.39. The number of aryl methyl sites for hydroxylation is 2. The van der Waals surface area contributed by atoms with Crippen LogP contribution in [0.2, 0.25) is 0 Å². The molecule has 0 radical (unpaired) electrons. The maximum atomic E-state index is 12.6. The van der Waals surface area contributed by atoms with Crippen molar-refractivity contribution in [2.45, 2.75) is 20.3 Å². The lowest BCUT2D eigenvalue weighted by molar-refractivity contribution is 0.0756. The van der Waals surface area contributed by atoms with E-state index in [9.17, 15) is 4.79 Å². The second kappa shape index (κ2) is 6.43. The van der Waals surface area contributed by atoms with Crippen LogP contribution in [0, 0.1) is 6.92 Å². The number of benzene rings is 1. The number of carbonyl (C=O) groups is 1. The molecule has 0 unspecified atom stereocenters. The summed E-state index contributed by atoms with van der Waals surface area (Å²) in [6.07, 6.45) is 0.831. The van der Waals surface area contributed by atoms with Crippen LogP contribution in [0.3, 0.4) is 0 Å². The first kappa shape index (κ1) is 15.1. The summed E-state index contributed by atoms with van der Waals surface area (Å²) >= 11 is 0. The maximum Gasteiger partial charge on any atom is 0.274 e. The van der Waals surface area contributed by atoms with Crippen molar-refractivity contribution in [2.24, 2.45) is 7.05 Å². The van der Waals surface area contributed by atoms with E-state index < -0.39 is 0 Å². The van der Waals surface area contributed by atoms with Crippen LogP contribution >= 0.6 is 0 Å². The minimum atomic E-state index is -0.0611. The molecule has 0 aliphatic rings. The van der Waals surface area contributed by atoms with Crippen molar-refractivity contribution < 1.29 is 4.79 Å². The van der Waals surface area contributed by atoms with Gasteiger partial charge >= 0.3 is 0 Å². The Labute approximate surface area is 125 Å². The van der Waals surface area contributed by atoms with E-state index in [0.717, 1.165) is 6.42 Å². The first-order chi connectivity index (χ1) is 10.0. The van der Waals surface area contributed by atoms with E-state index in [1.165, 1.54) is 5.56 Å². The molecule has 2 rings (SSSR count). The molecule has 21 heavy (non-hydrogen) atoms. The van der Waals surface area contributed by atoms with Crippen LogP contribution < -0.4 is 5.73 Å². The van der Waals surface area contributed by atoms with E-state index in [2.05, 4.69) is 17.2 Å². The number of hydrogen-bond acceptors (Lipinski definition) is 3. The number of carbonyl (C=O) groups excluding carboxylic acids is 1. The smallest absolute Gasteiger partial charge is 0.274 e. The minimum Gasteiger partial charge on any atom is -0.395 e. The molecule has 0 saturated carbocycles. The number of anilines is 1. The Kier molecular flexibility index (Phi) is 4.62. The van der Waals surface area contributed by atoms with Gasteiger partial charge in [-0.3, -0.25) is 9.48 Å². The Morgan fingerprint density at radius 3 is 2.52 bits per heavy atom. The van der Waals surface area contributed by atoms with Crippen molar-refractivity contribution in [1.29, 1.82) is 0 Å². The molecule has 1 heterocycles. The molecule has 1 aromatic carbocycles. The van der Waals surface area contributed by atoms with Gasteiger partial charge in [-0.15, -0.1) is 0 Å². The molecule has 5 heteroatoms. The van der Waals surface area contributed by atoms with Gasteiger partial charge in [0.05, 0.1) is 11.4 Å². The van der Waals surface area contributed by atoms with Crippen LogP contribution in [-0.4, -0.2) is 33.7 Å². The summed E-state index contributed by atoms with van der Waals surface area (Å²) in [5, 5.41) is 4.21. The lowest BCUT2D eigenvalue weighted by Gasteiger charge is -2.21. The zero-order valence-corrected chi connectivity index (χ0v) is 12.8. The number of likely N-dealkylation sites (N-methyl/N-ethyl adjacent to an activating group) is 1. The van der Waals surface area contributed by atoms with Gasteiger partial charge in [0, 0.05) is 20.1 Å². The average molecular weight is 286 g/mol. The standard InChI is InChI=1S/C16H22N4O/c1-4-20(11-10-13-8-6-5-7-9-13)16(21)15-14(17)12(2)18-19(15)3/h5-9H,4,10-11,17H2,1-3H3. The highest BCUT2D eigenvalue weighted by Crippen LogP contribution is 2.17. The normalized spacial score (nSPS) is 10.6. The van der Waals surface area contributed by atoms with Gasteiger partial charge in [0.2, 0.25) is 0 Å². The molecule has 1 aromatic heterocycles. The van der Waals surface area contributed by atoms with E-state index in [0.29, 0.717) is 30.2 Å². The largest absolute Gasteiger partial charge is 0.395 e. The van der Waals surface area contributed by atoms with Gasteiger partial charge in [-0.25, -0.2) is 0 Å². The van der Waals surface area contributed by atoms with Crippen LogP contribution in [0.1, 0.15) is 28.7 Å². The first-order valence-electron chi connectivity index (χ1n) is 7.16. The van der Waals surface area contributed by atoms with E-state index in [4.69, 9.17) is 5.73 Å². The van der Waals surface area contributed by atoms with Gasteiger partial charge in [-0.2, -0.15) is 5.10 Å². The highest BCUT2D eigenvalue weighted by Gasteiger charge is 2.22. The third kappa shape index (κ3) is 3.24. The molecule has 0 aliphatic carbocycles. The number of amides is 1. The predicted octanol–water partition coefficient (Wildman–Crippen LogP) is 2.02. The molecule has 0 aliphatic heterocycles. The summed E-state index contributed by atoms with van der Waals surface area (Å²) < 4.78 is 1.57. The molecule has 0 atom stereocenters. The molecule has 0 saturated heterocycles. The minimum absolute atomic E-state index is 0.0611. The molecule has 112 valence electrons. The lowest BCUT2D eigenvalue weighted by atomic mass is 10.1. The van der Waals surface area contributed by atoms with E-state index in [1.54, 1.807) is 16.6 Å². The Morgan fingerprint density at radius 2 is 2.00 bits per heavy atom. The number of hydrogen-bond donors (Lipinski definition) is 1.